The van der Waals surface area contributed by atoms with Gasteiger partial charge in [0.1, 0.15) is 18.1 Å². The Balaban J connectivity index is 1.46. The number of hydrogen-bond donors (Lipinski definition) is 1. The van der Waals surface area contributed by atoms with Crippen LogP contribution in [0.1, 0.15) is 40.9 Å². The molecule has 4 rings (SSSR count). The molecule has 7 nitrogen and oxygen atoms in total. The van der Waals surface area contributed by atoms with E-state index in [1.54, 1.807) is 11.1 Å². The van der Waals surface area contributed by atoms with Crippen LogP contribution in [0.2, 0.25) is 0 Å². The molecular formula is C21H20N4O3. The van der Waals surface area contributed by atoms with E-state index in [1.165, 1.54) is 0 Å². The minimum Gasteiger partial charge on any atom is -0.387 e. The highest BCUT2D eigenvalue weighted by Crippen LogP contribution is 2.23. The van der Waals surface area contributed by atoms with E-state index < -0.39 is 6.61 Å². The van der Waals surface area contributed by atoms with Crippen LogP contribution in [0.3, 0.4) is 0 Å². The van der Waals surface area contributed by atoms with Crippen molar-refractivity contribution in [3.8, 4) is 11.8 Å². The molecule has 0 aliphatic carbocycles. The van der Waals surface area contributed by atoms with Crippen molar-refractivity contribution >= 4 is 5.91 Å². The van der Waals surface area contributed by atoms with E-state index in [0.717, 1.165) is 34.6 Å². The quantitative estimate of drug-likeness (QED) is 0.701. The molecule has 28 heavy (non-hydrogen) atoms. The third-order valence-electron chi connectivity index (χ3n) is 4.76. The number of rotatable bonds is 4. The third-order valence-corrected chi connectivity index (χ3v) is 4.76. The van der Waals surface area contributed by atoms with Gasteiger partial charge in [0.25, 0.3) is 0 Å². The fourth-order valence-corrected chi connectivity index (χ4v) is 3.30. The van der Waals surface area contributed by atoms with Gasteiger partial charge in [-0.1, -0.05) is 24.1 Å². The molecular weight excluding hydrogens is 356 g/mol. The Morgan fingerprint density at radius 2 is 2.11 bits per heavy atom. The first kappa shape index (κ1) is 18.0. The van der Waals surface area contributed by atoms with Gasteiger partial charge < -0.3 is 19.1 Å². The van der Waals surface area contributed by atoms with Crippen LogP contribution in [0.4, 0.5) is 0 Å². The third kappa shape index (κ3) is 3.68. The number of carbonyl (C=O) groups excluding carboxylic acids is 1. The summed E-state index contributed by atoms with van der Waals surface area (Å²) in [6, 6.07) is 7.71. The number of aromatic nitrogens is 3. The fourth-order valence-electron chi connectivity index (χ4n) is 3.30. The Morgan fingerprint density at radius 1 is 1.25 bits per heavy atom. The van der Waals surface area contributed by atoms with Crippen LogP contribution in [-0.4, -0.2) is 37.2 Å². The molecule has 142 valence electrons. The minimum absolute atomic E-state index is 0.262. The van der Waals surface area contributed by atoms with E-state index in [9.17, 15) is 4.79 Å². The van der Waals surface area contributed by atoms with E-state index >= 15 is 0 Å². The predicted molar refractivity (Wildman–Crippen MR) is 101 cm³/mol. The smallest absolute Gasteiger partial charge is 0.248 e. The van der Waals surface area contributed by atoms with Crippen molar-refractivity contribution < 1.29 is 14.4 Å². The number of benzene rings is 1. The van der Waals surface area contributed by atoms with Crippen LogP contribution in [0, 0.1) is 11.8 Å². The number of nitrogens with zero attached hydrogens (tertiary/aromatic N) is 4. The Labute approximate surface area is 162 Å². The lowest BCUT2D eigenvalue weighted by atomic mass is 10.1. The van der Waals surface area contributed by atoms with E-state index in [4.69, 9.17) is 9.63 Å². The summed E-state index contributed by atoms with van der Waals surface area (Å²) in [4.78, 5) is 17.6. The lowest BCUT2D eigenvalue weighted by Gasteiger charge is -2.12. The summed E-state index contributed by atoms with van der Waals surface area (Å²) >= 11 is 0. The molecule has 1 aromatic carbocycles. The summed E-state index contributed by atoms with van der Waals surface area (Å²) in [6.07, 6.45) is 4.56. The van der Waals surface area contributed by atoms with Gasteiger partial charge in [0.05, 0.1) is 6.54 Å². The van der Waals surface area contributed by atoms with Crippen molar-refractivity contribution in [2.75, 3.05) is 6.61 Å². The Hall–Kier alpha value is -3.37. The average molecular weight is 376 g/mol. The first-order valence-electron chi connectivity index (χ1n) is 9.14. The van der Waals surface area contributed by atoms with Crippen LogP contribution in [0.15, 0.2) is 41.2 Å². The summed E-state index contributed by atoms with van der Waals surface area (Å²) in [7, 11) is 0. The van der Waals surface area contributed by atoms with Crippen molar-refractivity contribution in [1.82, 2.24) is 19.6 Å². The summed E-state index contributed by atoms with van der Waals surface area (Å²) < 4.78 is 7.36. The maximum atomic E-state index is 11.7. The zero-order valence-corrected chi connectivity index (χ0v) is 15.6. The van der Waals surface area contributed by atoms with Crippen LogP contribution < -0.4 is 0 Å². The molecule has 1 amide bonds. The normalized spacial score (nSPS) is 12.6. The second-order valence-electron chi connectivity index (χ2n) is 6.65. The van der Waals surface area contributed by atoms with Gasteiger partial charge in [0.2, 0.25) is 11.7 Å². The number of aliphatic hydroxyl groups excluding tert-OH is 1. The van der Waals surface area contributed by atoms with Crippen LogP contribution in [0.5, 0.6) is 0 Å². The molecule has 0 unspecified atom stereocenters. The number of imidazole rings is 1. The molecule has 7 heteroatoms. The van der Waals surface area contributed by atoms with E-state index in [2.05, 4.69) is 28.9 Å². The monoisotopic (exact) mass is 376 g/mol. The second kappa shape index (κ2) is 7.71. The molecule has 1 N–H and O–H groups in total. The molecule has 1 aliphatic heterocycles. The van der Waals surface area contributed by atoms with Crippen LogP contribution in [0.25, 0.3) is 0 Å². The number of aryl methyl sites for hydroxylation is 1. The number of aliphatic hydroxyl groups is 1. The fraction of sp³-hybridized carbons (Fsp3) is 0.286. The summed E-state index contributed by atoms with van der Waals surface area (Å²) in [5.41, 5.74) is 3.78. The minimum atomic E-state index is -0.465. The van der Waals surface area contributed by atoms with Crippen molar-refractivity contribution in [3.05, 3.63) is 70.6 Å². The van der Waals surface area contributed by atoms with Crippen molar-refractivity contribution in [2.45, 2.75) is 33.0 Å². The predicted octanol–water partition coefficient (Wildman–Crippen LogP) is 1.72. The van der Waals surface area contributed by atoms with Gasteiger partial charge in [-0.15, -0.1) is 0 Å². The highest BCUT2D eigenvalue weighted by atomic mass is 16.5. The van der Waals surface area contributed by atoms with Crippen LogP contribution >= 0.6 is 0 Å². The molecule has 0 fully saturated rings. The van der Waals surface area contributed by atoms with Crippen molar-refractivity contribution in [3.63, 3.8) is 0 Å². The molecule has 2 aromatic heterocycles. The van der Waals surface area contributed by atoms with Crippen molar-refractivity contribution in [2.24, 2.45) is 0 Å². The molecule has 0 saturated carbocycles. The van der Waals surface area contributed by atoms with Gasteiger partial charge >= 0.3 is 0 Å². The maximum absolute atomic E-state index is 11.7. The number of hydrogen-bond acceptors (Lipinski definition) is 5. The Bertz CT molecular complexity index is 1070. The first-order chi connectivity index (χ1) is 13.7. The van der Waals surface area contributed by atoms with Gasteiger partial charge in [0, 0.05) is 43.5 Å². The van der Waals surface area contributed by atoms with Crippen molar-refractivity contribution in [1.29, 1.82) is 0 Å². The van der Waals surface area contributed by atoms with E-state index in [1.807, 2.05) is 35.0 Å². The van der Waals surface area contributed by atoms with Gasteiger partial charge in [-0.05, 0) is 29.2 Å². The van der Waals surface area contributed by atoms with Gasteiger partial charge in [-0.2, -0.15) is 0 Å². The molecule has 0 bridgehead atoms. The summed E-state index contributed by atoms with van der Waals surface area (Å²) in [6.45, 7) is 3.23. The van der Waals surface area contributed by atoms with Crippen LogP contribution in [-0.2, 0) is 30.8 Å². The topological polar surface area (TPSA) is 84.4 Å². The largest absolute Gasteiger partial charge is 0.387 e. The molecule has 0 atom stereocenters. The first-order valence-corrected chi connectivity index (χ1v) is 9.14. The summed E-state index contributed by atoms with van der Waals surface area (Å²) in [5, 5.41) is 13.1. The highest BCUT2D eigenvalue weighted by molar-refractivity contribution is 5.78. The Morgan fingerprint density at radius 3 is 2.93 bits per heavy atom. The standard InChI is InChI=1S/C21H20N4O3/c1-2-20-22-7-8-24(20)13-18-10-19(28-23-18)6-4-15-3-5-16-11-25(21(27)14-26)12-17(16)9-15/h3,5,7-10,26H,2,11-14H2,1H3. The van der Waals surface area contributed by atoms with Gasteiger partial charge in [0.15, 0.2) is 0 Å². The molecule has 0 saturated heterocycles. The van der Waals surface area contributed by atoms with Gasteiger partial charge in [-0.25, -0.2) is 4.98 Å². The summed E-state index contributed by atoms with van der Waals surface area (Å²) in [5.74, 6) is 7.33. The Kier molecular flexibility index (Phi) is 4.96. The molecule has 1 aliphatic rings. The SMILES string of the molecule is CCc1nccn1Cc1cc(C#Cc2ccc3c(c2)CN(C(=O)CO)C3)on1. The number of carbonyl (C=O) groups is 1. The highest BCUT2D eigenvalue weighted by Gasteiger charge is 2.22. The molecule has 3 heterocycles. The zero-order chi connectivity index (χ0) is 19.5. The van der Waals surface area contributed by atoms with E-state index in [0.29, 0.717) is 25.4 Å². The lowest BCUT2D eigenvalue weighted by Crippen LogP contribution is -2.27. The van der Waals surface area contributed by atoms with E-state index in [-0.39, 0.29) is 5.91 Å². The zero-order valence-electron chi connectivity index (χ0n) is 15.6. The molecule has 0 spiro atoms. The molecule has 3 aromatic rings. The maximum Gasteiger partial charge on any atom is 0.248 e. The second-order valence-corrected chi connectivity index (χ2v) is 6.65. The number of amides is 1. The van der Waals surface area contributed by atoms with Gasteiger partial charge in [-0.3, -0.25) is 4.79 Å². The number of fused-ring (bicyclic) bond motifs is 1. The average Bonchev–Trinajstić information content (AvgIpc) is 3.45. The lowest BCUT2D eigenvalue weighted by molar-refractivity contribution is -0.134. The molecule has 0 radical (unpaired) electrons.